The summed E-state index contributed by atoms with van der Waals surface area (Å²) in [5.41, 5.74) is 5.68. The van der Waals surface area contributed by atoms with Crippen LogP contribution in [0.2, 0.25) is 0 Å². The summed E-state index contributed by atoms with van der Waals surface area (Å²) < 4.78 is 5.59. The average Bonchev–Trinajstić information content (AvgIpc) is 3.28. The first-order chi connectivity index (χ1) is 13.7. The highest BCUT2D eigenvalue weighted by molar-refractivity contribution is 6.01. The summed E-state index contributed by atoms with van der Waals surface area (Å²) in [5.74, 6) is 2.65. The molecule has 0 aromatic carbocycles. The molecule has 5 rings (SSSR count). The van der Waals surface area contributed by atoms with Crippen LogP contribution in [0.1, 0.15) is 65.3 Å². The fourth-order valence-electron chi connectivity index (χ4n) is 4.31. The third-order valence-electron chi connectivity index (χ3n) is 5.95. The van der Waals surface area contributed by atoms with Gasteiger partial charge < -0.3 is 14.6 Å². The lowest BCUT2D eigenvalue weighted by atomic mass is 10.0. The number of rotatable bonds is 4. The monoisotopic (exact) mass is 378 g/mol. The molecule has 1 atom stereocenters. The zero-order valence-corrected chi connectivity index (χ0v) is 16.2. The molecular formula is C21H26N6O. The van der Waals surface area contributed by atoms with Crippen molar-refractivity contribution in [1.29, 1.82) is 5.41 Å². The molecule has 4 heterocycles. The highest BCUT2D eigenvalue weighted by Gasteiger charge is 2.31. The highest BCUT2D eigenvalue weighted by Crippen LogP contribution is 2.39. The lowest BCUT2D eigenvalue weighted by Gasteiger charge is -2.31. The maximum atomic E-state index is 7.60. The molecule has 1 saturated carbocycles. The molecule has 0 bridgehead atoms. The van der Waals surface area contributed by atoms with Gasteiger partial charge in [0.15, 0.2) is 5.84 Å². The number of amidine groups is 1. The normalized spacial score (nSPS) is 22.4. The van der Waals surface area contributed by atoms with Crippen LogP contribution in [0.4, 0.5) is 0 Å². The first-order valence-electron chi connectivity index (χ1n) is 10.2. The van der Waals surface area contributed by atoms with Gasteiger partial charge in [0.2, 0.25) is 0 Å². The van der Waals surface area contributed by atoms with Gasteiger partial charge in [-0.3, -0.25) is 10.4 Å². The van der Waals surface area contributed by atoms with Crippen LogP contribution in [0.15, 0.2) is 17.1 Å². The number of hydrogen-bond acceptors (Lipinski definition) is 4. The fraction of sp³-hybridized carbons (Fsp3) is 0.524. The molecule has 2 fully saturated rings. The Morgan fingerprint density at radius 3 is 2.93 bits per heavy atom. The van der Waals surface area contributed by atoms with Crippen molar-refractivity contribution in [3.05, 3.63) is 46.3 Å². The van der Waals surface area contributed by atoms with Gasteiger partial charge in [-0.2, -0.15) is 0 Å². The number of nitrogens with one attached hydrogen (secondary N) is 2. The average molecular weight is 378 g/mol. The van der Waals surface area contributed by atoms with Crippen molar-refractivity contribution in [2.24, 2.45) is 4.99 Å². The number of ether oxygens (including phenoxy) is 1. The van der Waals surface area contributed by atoms with Gasteiger partial charge in [-0.05, 0) is 37.8 Å². The number of nitrogens with zero attached hydrogens (tertiary/aromatic N) is 4. The van der Waals surface area contributed by atoms with Gasteiger partial charge in [0, 0.05) is 49.3 Å². The number of imidazole rings is 1. The minimum absolute atomic E-state index is 0.312. The number of aryl methyl sites for hydroxylation is 1. The van der Waals surface area contributed by atoms with Gasteiger partial charge in [0.25, 0.3) is 0 Å². The van der Waals surface area contributed by atoms with Gasteiger partial charge in [-0.15, -0.1) is 0 Å². The van der Waals surface area contributed by atoms with Crippen LogP contribution >= 0.6 is 0 Å². The van der Waals surface area contributed by atoms with Crippen LogP contribution in [0.25, 0.3) is 0 Å². The molecule has 0 unspecified atom stereocenters. The van der Waals surface area contributed by atoms with E-state index in [4.69, 9.17) is 20.1 Å². The van der Waals surface area contributed by atoms with Gasteiger partial charge in [0.05, 0.1) is 12.3 Å². The lowest BCUT2D eigenvalue weighted by molar-refractivity contribution is 0.193. The van der Waals surface area contributed by atoms with E-state index in [-0.39, 0.29) is 0 Å². The van der Waals surface area contributed by atoms with Crippen LogP contribution < -0.4 is 0 Å². The number of hydrogen-bond donors (Lipinski definition) is 2. The standard InChI is InChI=1S/C21H26N6O/c1-13-24-19(16-7-9-28-11-16)20(25-13)21(23-12-22)27-8-6-18-15(10-27)4-5-17(26-18)14-2-3-14/h4-5,12,14,16,22H,2-3,6-11H2,1H3,(H,24,25)/t16-/m1/s1. The summed E-state index contributed by atoms with van der Waals surface area (Å²) >= 11 is 0. The number of H-pyrrole nitrogens is 1. The van der Waals surface area contributed by atoms with Crippen molar-refractivity contribution >= 4 is 12.2 Å². The Morgan fingerprint density at radius 2 is 2.18 bits per heavy atom. The highest BCUT2D eigenvalue weighted by atomic mass is 16.5. The second-order valence-corrected chi connectivity index (χ2v) is 8.01. The molecule has 2 aromatic heterocycles. The smallest absolute Gasteiger partial charge is 0.158 e. The third-order valence-corrected chi connectivity index (χ3v) is 5.95. The Morgan fingerprint density at radius 1 is 1.29 bits per heavy atom. The molecule has 7 heteroatoms. The minimum Gasteiger partial charge on any atom is -0.381 e. The maximum Gasteiger partial charge on any atom is 0.158 e. The van der Waals surface area contributed by atoms with Gasteiger partial charge >= 0.3 is 0 Å². The van der Waals surface area contributed by atoms with E-state index in [1.165, 1.54) is 29.8 Å². The summed E-state index contributed by atoms with van der Waals surface area (Å²) in [6, 6.07) is 4.42. The topological polar surface area (TPSA) is 90.2 Å². The molecule has 146 valence electrons. The molecule has 7 nitrogen and oxygen atoms in total. The molecule has 1 aliphatic carbocycles. The quantitative estimate of drug-likeness (QED) is 0.632. The number of aliphatic imine (C=N–C) groups is 1. The van der Waals surface area contributed by atoms with Crippen LogP contribution in [0.5, 0.6) is 0 Å². The summed E-state index contributed by atoms with van der Waals surface area (Å²) in [6.45, 7) is 5.06. The lowest BCUT2D eigenvalue weighted by Crippen LogP contribution is -2.38. The molecule has 3 aliphatic rings. The van der Waals surface area contributed by atoms with Crippen LogP contribution in [0, 0.1) is 12.3 Å². The molecule has 0 amide bonds. The second kappa shape index (κ2) is 7.13. The van der Waals surface area contributed by atoms with Crippen molar-refractivity contribution in [2.45, 2.75) is 51.0 Å². The van der Waals surface area contributed by atoms with Gasteiger partial charge in [-0.25, -0.2) is 9.98 Å². The second-order valence-electron chi connectivity index (χ2n) is 8.01. The minimum atomic E-state index is 0.312. The van der Waals surface area contributed by atoms with E-state index in [2.05, 4.69) is 27.0 Å². The van der Waals surface area contributed by atoms with Crippen molar-refractivity contribution in [2.75, 3.05) is 19.8 Å². The van der Waals surface area contributed by atoms with Crippen molar-refractivity contribution in [1.82, 2.24) is 19.9 Å². The Hall–Kier alpha value is -2.54. The fourth-order valence-corrected chi connectivity index (χ4v) is 4.31. The van der Waals surface area contributed by atoms with E-state index in [1.54, 1.807) is 0 Å². The number of fused-ring (bicyclic) bond motifs is 1. The SMILES string of the molecule is Cc1nc(C(=NC=N)N2CCc3nc(C4CC4)ccc3C2)c([C@@H]2CCOC2)[nH]1. The van der Waals surface area contributed by atoms with E-state index in [1.807, 2.05) is 6.92 Å². The summed E-state index contributed by atoms with van der Waals surface area (Å²) in [5, 5.41) is 7.60. The van der Waals surface area contributed by atoms with Crippen molar-refractivity contribution in [3.63, 3.8) is 0 Å². The zero-order valence-electron chi connectivity index (χ0n) is 16.2. The molecule has 2 N–H and O–H groups in total. The van der Waals surface area contributed by atoms with Gasteiger partial charge in [-0.1, -0.05) is 6.07 Å². The van der Waals surface area contributed by atoms with Crippen LogP contribution in [-0.2, 0) is 17.7 Å². The summed E-state index contributed by atoms with van der Waals surface area (Å²) in [7, 11) is 0. The van der Waals surface area contributed by atoms with Crippen LogP contribution in [0.3, 0.4) is 0 Å². The van der Waals surface area contributed by atoms with E-state index < -0.39 is 0 Å². The van der Waals surface area contributed by atoms with E-state index in [9.17, 15) is 0 Å². The summed E-state index contributed by atoms with van der Waals surface area (Å²) in [6.07, 6.45) is 5.57. The van der Waals surface area contributed by atoms with E-state index >= 15 is 0 Å². The van der Waals surface area contributed by atoms with E-state index in [0.29, 0.717) is 18.4 Å². The number of pyridine rings is 1. The Balaban J connectivity index is 1.45. The third kappa shape index (κ3) is 3.24. The number of aromatic nitrogens is 3. The largest absolute Gasteiger partial charge is 0.381 e. The maximum absolute atomic E-state index is 7.60. The first-order valence-corrected chi connectivity index (χ1v) is 10.2. The molecule has 2 aliphatic heterocycles. The molecular weight excluding hydrogens is 352 g/mol. The molecule has 2 aromatic rings. The Labute approximate surface area is 164 Å². The first kappa shape index (κ1) is 17.6. The molecule has 0 spiro atoms. The Kier molecular flexibility index (Phi) is 4.47. The van der Waals surface area contributed by atoms with Gasteiger partial charge in [0.1, 0.15) is 17.9 Å². The molecule has 28 heavy (non-hydrogen) atoms. The van der Waals surface area contributed by atoms with Crippen molar-refractivity contribution < 1.29 is 4.74 Å². The van der Waals surface area contributed by atoms with Crippen molar-refractivity contribution in [3.8, 4) is 0 Å². The summed E-state index contributed by atoms with van der Waals surface area (Å²) in [4.78, 5) is 19.8. The molecule has 1 saturated heterocycles. The van der Waals surface area contributed by atoms with E-state index in [0.717, 1.165) is 61.9 Å². The number of aromatic amines is 1. The predicted molar refractivity (Wildman–Crippen MR) is 107 cm³/mol. The molecule has 0 radical (unpaired) electrons. The zero-order chi connectivity index (χ0) is 19.1. The van der Waals surface area contributed by atoms with Crippen LogP contribution in [-0.4, -0.2) is 51.8 Å². The Bertz CT molecular complexity index is 923. The predicted octanol–water partition coefficient (Wildman–Crippen LogP) is 2.91.